The lowest BCUT2D eigenvalue weighted by atomic mass is 10.1. The summed E-state index contributed by atoms with van der Waals surface area (Å²) in [7, 11) is 0. The SMILES string of the molecule is CCc1cc(C(F)(F)F)n2nc(C3CCCN3C(=O)C(C)C)cc2n1. The Bertz CT molecular complexity index is 797. The lowest BCUT2D eigenvalue weighted by molar-refractivity contribution is -0.143. The molecular weight excluding hydrogens is 333 g/mol. The minimum Gasteiger partial charge on any atom is -0.334 e. The molecule has 1 atom stereocenters. The highest BCUT2D eigenvalue weighted by Gasteiger charge is 2.37. The predicted octanol–water partition coefficient (Wildman–Crippen LogP) is 3.63. The van der Waals surface area contributed by atoms with Crippen molar-refractivity contribution in [3.8, 4) is 0 Å². The second-order valence-corrected chi connectivity index (χ2v) is 6.67. The number of fused-ring (bicyclic) bond motifs is 1. The lowest BCUT2D eigenvalue weighted by Gasteiger charge is -2.25. The third kappa shape index (κ3) is 3.21. The molecule has 1 saturated heterocycles. The summed E-state index contributed by atoms with van der Waals surface area (Å²) in [5.41, 5.74) is 0.177. The van der Waals surface area contributed by atoms with Crippen LogP contribution in [0.5, 0.6) is 0 Å². The van der Waals surface area contributed by atoms with Gasteiger partial charge in [0.25, 0.3) is 0 Å². The van der Waals surface area contributed by atoms with Crippen molar-refractivity contribution in [3.63, 3.8) is 0 Å². The first-order valence-electron chi connectivity index (χ1n) is 8.49. The van der Waals surface area contributed by atoms with Crippen LogP contribution in [0.2, 0.25) is 0 Å². The standard InChI is InChI=1S/C17H21F3N4O/c1-4-11-8-14(17(18,19)20)24-15(21-11)9-12(22-24)13-6-5-7-23(13)16(25)10(2)3/h8-10,13H,4-7H2,1-3H3. The van der Waals surface area contributed by atoms with Gasteiger partial charge in [0, 0.05) is 24.2 Å². The topological polar surface area (TPSA) is 50.5 Å². The molecule has 0 bridgehead atoms. The largest absolute Gasteiger partial charge is 0.433 e. The van der Waals surface area contributed by atoms with Crippen LogP contribution in [-0.2, 0) is 17.4 Å². The third-order valence-corrected chi connectivity index (χ3v) is 4.52. The Morgan fingerprint density at radius 2 is 2.08 bits per heavy atom. The van der Waals surface area contributed by atoms with Gasteiger partial charge in [-0.2, -0.15) is 18.3 Å². The first kappa shape index (κ1) is 17.7. The second-order valence-electron chi connectivity index (χ2n) is 6.67. The van der Waals surface area contributed by atoms with E-state index in [1.165, 1.54) is 0 Å². The highest BCUT2D eigenvalue weighted by atomic mass is 19.4. The van der Waals surface area contributed by atoms with Gasteiger partial charge in [0.1, 0.15) is 5.69 Å². The molecule has 3 rings (SSSR count). The van der Waals surface area contributed by atoms with Crippen LogP contribution in [0.4, 0.5) is 13.2 Å². The highest BCUT2D eigenvalue weighted by Crippen LogP contribution is 2.35. The van der Waals surface area contributed by atoms with Crippen molar-refractivity contribution >= 4 is 11.6 Å². The molecule has 3 heterocycles. The molecule has 0 aliphatic carbocycles. The lowest BCUT2D eigenvalue weighted by Crippen LogP contribution is -2.33. The second kappa shape index (κ2) is 6.31. The summed E-state index contributed by atoms with van der Waals surface area (Å²) < 4.78 is 41.0. The number of carbonyl (C=O) groups excluding carboxylic acids is 1. The number of aromatic nitrogens is 3. The molecule has 1 aliphatic heterocycles. The number of amides is 1. The number of halogens is 3. The molecular formula is C17H21F3N4O. The average molecular weight is 354 g/mol. The van der Waals surface area contributed by atoms with E-state index < -0.39 is 11.9 Å². The fourth-order valence-corrected chi connectivity index (χ4v) is 3.26. The number of rotatable bonds is 3. The van der Waals surface area contributed by atoms with E-state index in [1.807, 2.05) is 13.8 Å². The summed E-state index contributed by atoms with van der Waals surface area (Å²) in [6.45, 7) is 6.00. The van der Waals surface area contributed by atoms with Gasteiger partial charge in [-0.3, -0.25) is 4.79 Å². The summed E-state index contributed by atoms with van der Waals surface area (Å²) in [5.74, 6) is -0.161. The maximum Gasteiger partial charge on any atom is 0.433 e. The predicted molar refractivity (Wildman–Crippen MR) is 85.9 cm³/mol. The quantitative estimate of drug-likeness (QED) is 0.846. The fourth-order valence-electron chi connectivity index (χ4n) is 3.26. The molecule has 0 N–H and O–H groups in total. The van der Waals surface area contributed by atoms with E-state index in [1.54, 1.807) is 17.9 Å². The zero-order valence-corrected chi connectivity index (χ0v) is 14.5. The molecule has 2 aromatic heterocycles. The minimum atomic E-state index is -4.52. The Kier molecular flexibility index (Phi) is 4.47. The van der Waals surface area contributed by atoms with E-state index >= 15 is 0 Å². The summed E-state index contributed by atoms with van der Waals surface area (Å²) >= 11 is 0. The molecule has 1 unspecified atom stereocenters. The van der Waals surface area contributed by atoms with Gasteiger partial charge < -0.3 is 4.90 Å². The van der Waals surface area contributed by atoms with Crippen molar-refractivity contribution in [1.29, 1.82) is 0 Å². The monoisotopic (exact) mass is 354 g/mol. The molecule has 1 amide bonds. The summed E-state index contributed by atoms with van der Waals surface area (Å²) in [6, 6.07) is 2.32. The molecule has 8 heteroatoms. The maximum atomic E-state index is 13.4. The Balaban J connectivity index is 2.08. The van der Waals surface area contributed by atoms with E-state index in [0.29, 0.717) is 30.8 Å². The van der Waals surface area contributed by atoms with Crippen molar-refractivity contribution in [2.24, 2.45) is 5.92 Å². The van der Waals surface area contributed by atoms with Gasteiger partial charge in [-0.05, 0) is 25.3 Å². The number of carbonyl (C=O) groups is 1. The van der Waals surface area contributed by atoms with E-state index in [2.05, 4.69) is 10.1 Å². The van der Waals surface area contributed by atoms with Crippen molar-refractivity contribution in [3.05, 3.63) is 29.2 Å². The van der Waals surface area contributed by atoms with Gasteiger partial charge in [0.05, 0.1) is 11.7 Å². The molecule has 0 radical (unpaired) electrons. The molecule has 136 valence electrons. The van der Waals surface area contributed by atoms with E-state index in [9.17, 15) is 18.0 Å². The molecule has 1 fully saturated rings. The van der Waals surface area contributed by atoms with Gasteiger partial charge in [0.2, 0.25) is 5.91 Å². The van der Waals surface area contributed by atoms with Crippen LogP contribution in [0, 0.1) is 5.92 Å². The molecule has 0 aromatic carbocycles. The molecule has 1 aliphatic rings. The Morgan fingerprint density at radius 3 is 2.68 bits per heavy atom. The molecule has 5 nitrogen and oxygen atoms in total. The number of alkyl halides is 3. The number of likely N-dealkylation sites (tertiary alicyclic amines) is 1. The average Bonchev–Trinajstić information content (AvgIpc) is 3.17. The summed E-state index contributed by atoms with van der Waals surface area (Å²) in [6.07, 6.45) is -2.60. The molecule has 2 aromatic rings. The van der Waals surface area contributed by atoms with Crippen LogP contribution in [0.25, 0.3) is 5.65 Å². The molecule has 0 saturated carbocycles. The van der Waals surface area contributed by atoms with Crippen LogP contribution in [0.1, 0.15) is 56.7 Å². The van der Waals surface area contributed by atoms with Crippen molar-refractivity contribution in [2.75, 3.05) is 6.54 Å². The van der Waals surface area contributed by atoms with Crippen LogP contribution in [0.15, 0.2) is 12.1 Å². The van der Waals surface area contributed by atoms with Crippen molar-refractivity contribution in [2.45, 2.75) is 52.3 Å². The normalized spacial score (nSPS) is 18.5. The van der Waals surface area contributed by atoms with Crippen LogP contribution < -0.4 is 0 Å². The smallest absolute Gasteiger partial charge is 0.334 e. The zero-order chi connectivity index (χ0) is 18.4. The third-order valence-electron chi connectivity index (χ3n) is 4.52. The van der Waals surface area contributed by atoms with E-state index in [-0.39, 0.29) is 23.5 Å². The van der Waals surface area contributed by atoms with Gasteiger partial charge in [0.15, 0.2) is 5.65 Å². The van der Waals surface area contributed by atoms with Crippen LogP contribution >= 0.6 is 0 Å². The first-order valence-corrected chi connectivity index (χ1v) is 8.49. The summed E-state index contributed by atoms with van der Waals surface area (Å²) in [5, 5.41) is 4.17. The maximum absolute atomic E-state index is 13.4. The zero-order valence-electron chi connectivity index (χ0n) is 14.5. The van der Waals surface area contributed by atoms with E-state index in [4.69, 9.17) is 0 Å². The number of hydrogen-bond acceptors (Lipinski definition) is 3. The highest BCUT2D eigenvalue weighted by molar-refractivity contribution is 5.78. The van der Waals surface area contributed by atoms with Crippen LogP contribution in [-0.4, -0.2) is 31.9 Å². The molecule has 0 spiro atoms. The Hall–Kier alpha value is -2.12. The van der Waals surface area contributed by atoms with Crippen molar-refractivity contribution in [1.82, 2.24) is 19.5 Å². The number of hydrogen-bond donors (Lipinski definition) is 0. The molecule has 25 heavy (non-hydrogen) atoms. The van der Waals surface area contributed by atoms with Gasteiger partial charge in [-0.15, -0.1) is 0 Å². The fraction of sp³-hybridized carbons (Fsp3) is 0.588. The van der Waals surface area contributed by atoms with Gasteiger partial charge >= 0.3 is 6.18 Å². The summed E-state index contributed by atoms with van der Waals surface area (Å²) in [4.78, 5) is 18.4. The van der Waals surface area contributed by atoms with Gasteiger partial charge in [-0.25, -0.2) is 9.50 Å². The Labute approximate surface area is 143 Å². The number of nitrogens with zero attached hydrogens (tertiary/aromatic N) is 4. The van der Waals surface area contributed by atoms with Gasteiger partial charge in [-0.1, -0.05) is 20.8 Å². The Morgan fingerprint density at radius 1 is 1.36 bits per heavy atom. The van der Waals surface area contributed by atoms with E-state index in [0.717, 1.165) is 17.0 Å². The number of aryl methyl sites for hydroxylation is 1. The minimum absolute atomic E-state index is 0.00203. The first-order chi connectivity index (χ1) is 11.7. The van der Waals surface area contributed by atoms with Crippen LogP contribution in [0.3, 0.4) is 0 Å². The van der Waals surface area contributed by atoms with Crippen molar-refractivity contribution < 1.29 is 18.0 Å².